The highest BCUT2D eigenvalue weighted by Gasteiger charge is 2.27. The molecule has 3 nitrogen and oxygen atoms in total. The standard InChI is InChI=1S/C17H22Cl2N2OS/c1-2-3-13(20)10-14-11-23-7-6-21(14)17(22)9-12-4-5-15(18)16(19)8-12/h4-5,8,14,20H,2-3,6-7,9-11H2,1H3. The van der Waals surface area contributed by atoms with Crippen molar-refractivity contribution in [1.29, 1.82) is 5.41 Å². The molecular weight excluding hydrogens is 351 g/mol. The summed E-state index contributed by atoms with van der Waals surface area (Å²) in [6.45, 7) is 2.84. The molecule has 1 saturated heterocycles. The molecule has 1 fully saturated rings. The summed E-state index contributed by atoms with van der Waals surface area (Å²) >= 11 is 13.8. The van der Waals surface area contributed by atoms with Crippen LogP contribution in [0.25, 0.3) is 0 Å². The van der Waals surface area contributed by atoms with Gasteiger partial charge in [-0.15, -0.1) is 0 Å². The van der Waals surface area contributed by atoms with Crippen LogP contribution >= 0.6 is 35.0 Å². The minimum atomic E-state index is 0.109. The van der Waals surface area contributed by atoms with Crippen molar-refractivity contribution in [3.8, 4) is 0 Å². The number of halogens is 2. The molecule has 1 atom stereocenters. The molecule has 1 aliphatic rings. The van der Waals surface area contributed by atoms with E-state index in [9.17, 15) is 4.79 Å². The topological polar surface area (TPSA) is 44.2 Å². The van der Waals surface area contributed by atoms with Crippen LogP contribution in [0.4, 0.5) is 0 Å². The third-order valence-corrected chi connectivity index (χ3v) is 5.75. The van der Waals surface area contributed by atoms with E-state index in [4.69, 9.17) is 28.6 Å². The average molecular weight is 373 g/mol. The van der Waals surface area contributed by atoms with E-state index in [0.717, 1.165) is 42.2 Å². The first-order chi connectivity index (χ1) is 11.0. The molecule has 1 aromatic carbocycles. The number of nitrogens with zero attached hydrogens (tertiary/aromatic N) is 1. The Bertz CT molecular complexity index is 580. The minimum Gasteiger partial charge on any atom is -0.337 e. The minimum absolute atomic E-state index is 0.109. The summed E-state index contributed by atoms with van der Waals surface area (Å²) in [6, 6.07) is 5.48. The molecule has 1 aliphatic heterocycles. The fraction of sp³-hybridized carbons (Fsp3) is 0.529. The van der Waals surface area contributed by atoms with Gasteiger partial charge in [0.05, 0.1) is 16.5 Å². The van der Waals surface area contributed by atoms with Crippen molar-refractivity contribution in [2.24, 2.45) is 0 Å². The van der Waals surface area contributed by atoms with Crippen LogP contribution in [0.5, 0.6) is 0 Å². The number of amides is 1. The number of carbonyl (C=O) groups excluding carboxylic acids is 1. The lowest BCUT2D eigenvalue weighted by molar-refractivity contribution is -0.132. The van der Waals surface area contributed by atoms with E-state index < -0.39 is 0 Å². The third-order valence-electron chi connectivity index (χ3n) is 3.92. The maximum Gasteiger partial charge on any atom is 0.227 e. The van der Waals surface area contributed by atoms with Crippen LogP contribution in [0.15, 0.2) is 18.2 Å². The monoisotopic (exact) mass is 372 g/mol. The quantitative estimate of drug-likeness (QED) is 0.736. The van der Waals surface area contributed by atoms with Gasteiger partial charge in [-0.25, -0.2) is 0 Å². The summed E-state index contributed by atoms with van der Waals surface area (Å²) in [5.74, 6) is 1.99. The zero-order valence-electron chi connectivity index (χ0n) is 13.3. The first-order valence-corrected chi connectivity index (χ1v) is 9.79. The van der Waals surface area contributed by atoms with E-state index in [0.29, 0.717) is 22.9 Å². The first-order valence-electron chi connectivity index (χ1n) is 7.88. The summed E-state index contributed by atoms with van der Waals surface area (Å²) in [6.07, 6.45) is 2.82. The second-order valence-corrected chi connectivity index (χ2v) is 7.76. The average Bonchev–Trinajstić information content (AvgIpc) is 2.51. The zero-order valence-corrected chi connectivity index (χ0v) is 15.6. The smallest absolute Gasteiger partial charge is 0.227 e. The van der Waals surface area contributed by atoms with Crippen LogP contribution in [0.3, 0.4) is 0 Å². The number of hydrogen-bond donors (Lipinski definition) is 1. The number of hydrogen-bond acceptors (Lipinski definition) is 3. The summed E-state index contributed by atoms with van der Waals surface area (Å²) in [7, 11) is 0. The Morgan fingerprint density at radius 3 is 2.87 bits per heavy atom. The lowest BCUT2D eigenvalue weighted by atomic mass is 10.0. The van der Waals surface area contributed by atoms with Crippen LogP contribution in [-0.4, -0.2) is 40.6 Å². The van der Waals surface area contributed by atoms with Crippen LogP contribution < -0.4 is 0 Å². The Labute approximate surface area is 152 Å². The molecule has 6 heteroatoms. The molecule has 0 radical (unpaired) electrons. The van der Waals surface area contributed by atoms with E-state index >= 15 is 0 Å². The molecule has 0 aliphatic carbocycles. The van der Waals surface area contributed by atoms with Crippen molar-refractivity contribution in [3.05, 3.63) is 33.8 Å². The molecule has 0 bridgehead atoms. The Morgan fingerprint density at radius 2 is 2.17 bits per heavy atom. The van der Waals surface area contributed by atoms with Gasteiger partial charge in [0.25, 0.3) is 0 Å². The van der Waals surface area contributed by atoms with Gasteiger partial charge >= 0.3 is 0 Å². The van der Waals surface area contributed by atoms with Crippen molar-refractivity contribution in [2.75, 3.05) is 18.1 Å². The molecule has 1 unspecified atom stereocenters. The SMILES string of the molecule is CCCC(=N)CC1CSCCN1C(=O)Cc1ccc(Cl)c(Cl)c1. The first kappa shape index (κ1) is 18.6. The fourth-order valence-corrected chi connectivity index (χ4v) is 4.15. The van der Waals surface area contributed by atoms with Gasteiger partial charge in [-0.05, 0) is 24.1 Å². The molecule has 0 saturated carbocycles. The predicted octanol–water partition coefficient (Wildman–Crippen LogP) is 4.69. The fourth-order valence-electron chi connectivity index (χ4n) is 2.77. The number of thioether (sulfide) groups is 1. The molecule has 1 N–H and O–H groups in total. The maximum absolute atomic E-state index is 12.7. The molecule has 2 rings (SSSR count). The number of nitrogens with one attached hydrogen (secondary N) is 1. The third kappa shape index (κ3) is 5.40. The van der Waals surface area contributed by atoms with E-state index in [1.807, 2.05) is 22.7 Å². The Hall–Kier alpha value is -0.710. The number of benzene rings is 1. The largest absolute Gasteiger partial charge is 0.337 e. The summed E-state index contributed by atoms with van der Waals surface area (Å²) < 4.78 is 0. The Kier molecular flexibility index (Phi) is 7.25. The summed E-state index contributed by atoms with van der Waals surface area (Å²) in [4.78, 5) is 14.6. The highest BCUT2D eigenvalue weighted by atomic mass is 35.5. The second-order valence-electron chi connectivity index (χ2n) is 5.80. The number of rotatable bonds is 6. The van der Waals surface area contributed by atoms with Crippen LogP contribution in [0.1, 0.15) is 31.7 Å². The van der Waals surface area contributed by atoms with E-state index in [1.165, 1.54) is 0 Å². The second kappa shape index (κ2) is 8.95. The van der Waals surface area contributed by atoms with Gasteiger partial charge in [0.2, 0.25) is 5.91 Å². The molecule has 126 valence electrons. The van der Waals surface area contributed by atoms with E-state index in [2.05, 4.69) is 6.92 Å². The molecule has 1 amide bonds. The zero-order chi connectivity index (χ0) is 16.8. The molecule has 0 spiro atoms. The Morgan fingerprint density at radius 1 is 1.39 bits per heavy atom. The van der Waals surface area contributed by atoms with Gasteiger partial charge in [0.15, 0.2) is 0 Å². The van der Waals surface area contributed by atoms with E-state index in [-0.39, 0.29) is 11.9 Å². The van der Waals surface area contributed by atoms with Crippen molar-refractivity contribution < 1.29 is 4.79 Å². The van der Waals surface area contributed by atoms with Crippen molar-refractivity contribution >= 4 is 46.6 Å². The lowest BCUT2D eigenvalue weighted by Crippen LogP contribution is -2.47. The van der Waals surface area contributed by atoms with Crippen molar-refractivity contribution in [2.45, 2.75) is 38.6 Å². The van der Waals surface area contributed by atoms with E-state index in [1.54, 1.807) is 12.1 Å². The maximum atomic E-state index is 12.7. The number of carbonyl (C=O) groups is 1. The van der Waals surface area contributed by atoms with Gasteiger partial charge in [-0.1, -0.05) is 42.6 Å². The van der Waals surface area contributed by atoms with Crippen LogP contribution in [-0.2, 0) is 11.2 Å². The highest BCUT2D eigenvalue weighted by molar-refractivity contribution is 7.99. The summed E-state index contributed by atoms with van der Waals surface area (Å²) in [5, 5.41) is 9.03. The van der Waals surface area contributed by atoms with Crippen molar-refractivity contribution in [1.82, 2.24) is 4.90 Å². The molecule has 1 heterocycles. The molecule has 1 aromatic rings. The van der Waals surface area contributed by atoms with Crippen LogP contribution in [0, 0.1) is 5.41 Å². The van der Waals surface area contributed by atoms with Gasteiger partial charge in [0.1, 0.15) is 0 Å². The normalized spacial score (nSPS) is 18.0. The highest BCUT2D eigenvalue weighted by Crippen LogP contribution is 2.25. The molecule has 0 aromatic heterocycles. The molecule has 23 heavy (non-hydrogen) atoms. The summed E-state index contributed by atoms with van der Waals surface area (Å²) in [5.41, 5.74) is 1.62. The van der Waals surface area contributed by atoms with Crippen molar-refractivity contribution in [3.63, 3.8) is 0 Å². The van der Waals surface area contributed by atoms with Gasteiger partial charge in [-0.2, -0.15) is 11.8 Å². The Balaban J connectivity index is 2.02. The lowest BCUT2D eigenvalue weighted by Gasteiger charge is -2.35. The van der Waals surface area contributed by atoms with Gasteiger partial charge < -0.3 is 10.3 Å². The van der Waals surface area contributed by atoms with Crippen LogP contribution in [0.2, 0.25) is 10.0 Å². The predicted molar refractivity (Wildman–Crippen MR) is 100 cm³/mol. The van der Waals surface area contributed by atoms with Gasteiger partial charge in [0, 0.05) is 36.2 Å². The molecular formula is C17H22Cl2N2OS. The van der Waals surface area contributed by atoms with Gasteiger partial charge in [-0.3, -0.25) is 4.79 Å².